The third-order valence-corrected chi connectivity index (χ3v) is 10.3. The van der Waals surface area contributed by atoms with Crippen molar-refractivity contribution in [3.8, 4) is 33.4 Å². The Balaban J connectivity index is 0.00000514. The number of nitrogens with zero attached hydrogens (tertiary/aromatic N) is 2. The smallest absolute Gasteiger partial charge is 0.336 e. The van der Waals surface area contributed by atoms with Crippen LogP contribution in [0.4, 0.5) is 0 Å². The van der Waals surface area contributed by atoms with Crippen LogP contribution in [-0.4, -0.2) is 64.2 Å². The Hall–Kier alpha value is -7.93. The van der Waals surface area contributed by atoms with Gasteiger partial charge in [0.2, 0.25) is 0 Å². The molecule has 2 aliphatic heterocycles. The van der Waals surface area contributed by atoms with Crippen LogP contribution in [-0.2, 0) is 21.7 Å². The number of fused-ring (bicyclic) bond motifs is 8. The van der Waals surface area contributed by atoms with Crippen molar-refractivity contribution in [1.29, 1.82) is 0 Å². The van der Waals surface area contributed by atoms with Crippen LogP contribution >= 0.6 is 0 Å². The quantitative estimate of drug-likeness (QED) is 0.0799. The molecule has 8 bridgehead atoms. The van der Waals surface area contributed by atoms with Gasteiger partial charge in [-0.15, -0.1) is 0 Å². The maximum absolute atomic E-state index is 13.2. The Labute approximate surface area is 360 Å². The minimum Gasteiger partial charge on any atom is -0.478 e. The van der Waals surface area contributed by atoms with Gasteiger partial charge in [0.15, 0.2) is 0 Å². The van der Waals surface area contributed by atoms with Crippen molar-refractivity contribution in [2.45, 2.75) is 0 Å². The number of benzene rings is 4. The number of hydrogen-bond acceptors (Lipinski definition) is 6. The van der Waals surface area contributed by atoms with Crippen molar-refractivity contribution in [2.75, 3.05) is 0 Å². The third kappa shape index (κ3) is 7.26. The summed E-state index contributed by atoms with van der Waals surface area (Å²) < 4.78 is 0. The number of carboxylic acid groups (broad SMARTS) is 4. The summed E-state index contributed by atoms with van der Waals surface area (Å²) in [7, 11) is 0. The Morgan fingerprint density at radius 2 is 0.869 bits per heavy atom. The van der Waals surface area contributed by atoms with Crippen molar-refractivity contribution < 1.29 is 61.3 Å². The molecule has 0 unspecified atom stereocenters. The molecule has 12 nitrogen and oxygen atoms in total. The van der Waals surface area contributed by atoms with E-state index in [1.807, 2.05) is 24.3 Å². The van der Waals surface area contributed by atoms with E-state index in [2.05, 4.69) is 9.97 Å². The molecule has 2 aliphatic rings. The SMILES string of the molecule is O=C(O)c1ccccc1C1=Cc2cc3ccc(cc4nc(cc5[nH]c(c(-c6ccccc6C(=O)O)c1n2)c(-c1ccccc1C(=O)O)c5-c1ccccc1C(=O)O)C=C4)[nH]3.[Ti]. The molecule has 0 aliphatic carbocycles. The zero-order valence-corrected chi connectivity index (χ0v) is 33.2. The number of aromatic nitrogens is 4. The van der Waals surface area contributed by atoms with Gasteiger partial charge in [0.1, 0.15) is 0 Å². The van der Waals surface area contributed by atoms with Crippen LogP contribution in [0.15, 0.2) is 127 Å². The fourth-order valence-electron chi connectivity index (χ4n) is 7.84. The molecule has 0 saturated heterocycles. The minimum atomic E-state index is -1.28. The molecular formula is C48H30N4O8Ti. The van der Waals surface area contributed by atoms with Gasteiger partial charge in [-0.3, -0.25) is 0 Å². The number of rotatable bonds is 8. The Kier molecular flexibility index (Phi) is 10.5. The van der Waals surface area contributed by atoms with Gasteiger partial charge in [0, 0.05) is 66.1 Å². The number of aromatic carboxylic acids is 4. The van der Waals surface area contributed by atoms with Crippen LogP contribution in [0.5, 0.6) is 0 Å². The van der Waals surface area contributed by atoms with Crippen molar-refractivity contribution in [3.63, 3.8) is 0 Å². The normalized spacial score (nSPS) is 11.7. The van der Waals surface area contributed by atoms with Crippen LogP contribution in [0.2, 0.25) is 0 Å². The van der Waals surface area contributed by atoms with E-state index in [4.69, 9.17) is 9.97 Å². The molecule has 0 saturated carbocycles. The van der Waals surface area contributed by atoms with Crippen LogP contribution in [0, 0.1) is 0 Å². The Bertz CT molecular complexity index is 3250. The van der Waals surface area contributed by atoms with Gasteiger partial charge >= 0.3 is 23.9 Å². The fourth-order valence-corrected chi connectivity index (χ4v) is 7.84. The van der Waals surface area contributed by atoms with E-state index in [0.717, 1.165) is 5.52 Å². The van der Waals surface area contributed by atoms with Crippen molar-refractivity contribution in [2.24, 2.45) is 0 Å². The van der Waals surface area contributed by atoms with Gasteiger partial charge < -0.3 is 30.4 Å². The standard InChI is InChI=1S/C48H30N4O8.Ti/c53-45(54)34-13-5-1-9-30(34)38-23-29-22-27-18-17-25(49-27)21-26-19-20-28(50-26)24-39-40(31-10-2-6-14-35(31)46(55)56)41(32-11-3-7-15-36(32)47(57)58)44(52-39)42(43(38)51-29)33-12-4-8-16-37(33)48(59)60;/h1-24,49,52H,(H,53,54)(H,55,56)(H,57,58)(H,59,60);. The number of nitrogens with one attached hydrogen (secondary N) is 2. The van der Waals surface area contributed by atoms with Crippen LogP contribution in [0.1, 0.15) is 69.8 Å². The maximum Gasteiger partial charge on any atom is 0.336 e. The first kappa shape index (κ1) is 39.9. The zero-order chi connectivity index (χ0) is 41.7. The van der Waals surface area contributed by atoms with E-state index >= 15 is 0 Å². The number of aromatic amines is 2. The summed E-state index contributed by atoms with van der Waals surface area (Å²) >= 11 is 0. The molecule has 0 radical (unpaired) electrons. The van der Waals surface area contributed by atoms with E-state index in [9.17, 15) is 39.6 Å². The number of carbonyl (C=O) groups is 4. The molecule has 0 spiro atoms. The Morgan fingerprint density at radius 1 is 0.443 bits per heavy atom. The second-order valence-electron chi connectivity index (χ2n) is 14.0. The first-order valence-corrected chi connectivity index (χ1v) is 18.5. The van der Waals surface area contributed by atoms with Gasteiger partial charge in [-0.25, -0.2) is 29.1 Å². The molecule has 0 atom stereocenters. The summed E-state index contributed by atoms with van der Waals surface area (Å²) in [5.41, 5.74) is 5.05. The van der Waals surface area contributed by atoms with Gasteiger partial charge in [-0.2, -0.15) is 0 Å². The Morgan fingerprint density at radius 3 is 1.39 bits per heavy atom. The molecule has 4 aromatic carbocycles. The second-order valence-corrected chi connectivity index (χ2v) is 14.0. The molecule has 0 amide bonds. The van der Waals surface area contributed by atoms with Crippen LogP contribution < -0.4 is 0 Å². The molecule has 0 fully saturated rings. The number of carboxylic acids is 4. The minimum absolute atomic E-state index is 0. The van der Waals surface area contributed by atoms with Crippen molar-refractivity contribution in [1.82, 2.24) is 19.9 Å². The van der Waals surface area contributed by atoms with Gasteiger partial charge in [0.05, 0.1) is 50.5 Å². The maximum atomic E-state index is 13.2. The van der Waals surface area contributed by atoms with E-state index in [1.165, 1.54) is 24.3 Å². The summed E-state index contributed by atoms with van der Waals surface area (Å²) in [5.74, 6) is -4.99. The predicted molar refractivity (Wildman–Crippen MR) is 227 cm³/mol. The molecule has 294 valence electrons. The van der Waals surface area contributed by atoms with E-state index in [-0.39, 0.29) is 88.6 Å². The summed E-state index contributed by atoms with van der Waals surface area (Å²) in [5, 5.41) is 42.5. The average Bonchev–Trinajstić information content (AvgIpc) is 4.05. The largest absolute Gasteiger partial charge is 0.478 e. The van der Waals surface area contributed by atoms with E-state index in [1.54, 1.807) is 97.1 Å². The molecular weight excluding hydrogens is 808 g/mol. The molecule has 61 heavy (non-hydrogen) atoms. The summed E-state index contributed by atoms with van der Waals surface area (Å²) in [6.45, 7) is 0. The van der Waals surface area contributed by atoms with Crippen molar-refractivity contribution >= 4 is 69.7 Å². The first-order valence-electron chi connectivity index (χ1n) is 18.5. The number of hydrogen-bond donors (Lipinski definition) is 6. The average molecular weight is 839 g/mol. The predicted octanol–water partition coefficient (Wildman–Crippen LogP) is 9.87. The van der Waals surface area contributed by atoms with Gasteiger partial charge in [-0.05, 0) is 89.5 Å². The topological polar surface area (TPSA) is 207 Å². The summed E-state index contributed by atoms with van der Waals surface area (Å²) in [6, 6.07) is 34.3. The molecule has 3 aromatic heterocycles. The first-order chi connectivity index (χ1) is 29.0. The van der Waals surface area contributed by atoms with E-state index in [0.29, 0.717) is 39.3 Å². The second kappa shape index (κ2) is 16.0. The summed E-state index contributed by atoms with van der Waals surface area (Å²) in [4.78, 5) is 68.9. The van der Waals surface area contributed by atoms with Crippen LogP contribution in [0.25, 0.3) is 79.2 Å². The summed E-state index contributed by atoms with van der Waals surface area (Å²) in [6.07, 6.45) is 5.32. The van der Waals surface area contributed by atoms with Crippen molar-refractivity contribution in [3.05, 3.63) is 178 Å². The zero-order valence-electron chi connectivity index (χ0n) is 31.7. The molecule has 9 rings (SSSR count). The van der Waals surface area contributed by atoms with Crippen LogP contribution in [0.3, 0.4) is 0 Å². The molecule has 5 heterocycles. The van der Waals surface area contributed by atoms with Gasteiger partial charge in [0.25, 0.3) is 0 Å². The van der Waals surface area contributed by atoms with Gasteiger partial charge in [-0.1, -0.05) is 72.8 Å². The van der Waals surface area contributed by atoms with E-state index < -0.39 is 23.9 Å². The monoisotopic (exact) mass is 838 g/mol. The third-order valence-electron chi connectivity index (χ3n) is 10.3. The molecule has 6 N–H and O–H groups in total. The fraction of sp³-hybridized carbons (Fsp3) is 0. The number of H-pyrrole nitrogens is 2. The molecule has 13 heteroatoms. The molecule has 7 aromatic rings.